The number of carbonyl (C=O) groups excluding carboxylic acids is 1. The Morgan fingerprint density at radius 2 is 2.10 bits per heavy atom. The first-order chi connectivity index (χ1) is 15.0. The van der Waals surface area contributed by atoms with E-state index in [1.165, 1.54) is 11.0 Å². The van der Waals surface area contributed by atoms with Gasteiger partial charge in [-0.15, -0.1) is 0 Å². The molecular formula is C24H25ClFN3O2. The molecule has 0 radical (unpaired) electrons. The molecular weight excluding hydrogens is 417 g/mol. The average Bonchev–Trinajstić information content (AvgIpc) is 3.23. The highest BCUT2D eigenvalue weighted by molar-refractivity contribution is 6.30. The highest BCUT2D eigenvalue weighted by Gasteiger charge is 2.27. The van der Waals surface area contributed by atoms with Crippen LogP contribution in [-0.4, -0.2) is 59.1 Å². The molecule has 162 valence electrons. The number of halogens is 2. The molecule has 1 atom stereocenters. The van der Waals surface area contributed by atoms with Gasteiger partial charge in [0.25, 0.3) is 5.91 Å². The quantitative estimate of drug-likeness (QED) is 0.626. The van der Waals surface area contributed by atoms with Crippen LogP contribution in [0, 0.1) is 5.82 Å². The smallest absolute Gasteiger partial charge is 0.254 e. The van der Waals surface area contributed by atoms with E-state index in [0.29, 0.717) is 12.1 Å². The predicted octanol–water partition coefficient (Wildman–Crippen LogP) is 4.08. The number of rotatable bonds is 6. The zero-order valence-electron chi connectivity index (χ0n) is 17.4. The summed E-state index contributed by atoms with van der Waals surface area (Å²) in [6, 6.07) is 14.5. The van der Waals surface area contributed by atoms with Crippen LogP contribution in [0.1, 0.15) is 34.0 Å². The van der Waals surface area contributed by atoms with Gasteiger partial charge in [0.1, 0.15) is 5.82 Å². The summed E-state index contributed by atoms with van der Waals surface area (Å²) in [6.07, 6.45) is 0.918. The van der Waals surface area contributed by atoms with Crippen molar-refractivity contribution in [1.29, 1.82) is 0 Å². The number of likely N-dealkylation sites (tertiary alicyclic amines) is 1. The van der Waals surface area contributed by atoms with E-state index >= 15 is 0 Å². The second-order valence-electron chi connectivity index (χ2n) is 8.03. The summed E-state index contributed by atoms with van der Waals surface area (Å²) in [4.78, 5) is 21.7. The first kappa shape index (κ1) is 21.7. The standard InChI is InChI=1S/C24H25ClFN3O2/c1-28(10-11-30)24(31)19-13-23(27-22-5-3-2-4-18(19)22)17-8-9-29(15-17)14-16-6-7-20(25)21(26)12-16/h2-7,12-13,17,30H,8-11,14-15H2,1H3. The van der Waals surface area contributed by atoms with Crippen LogP contribution in [-0.2, 0) is 6.54 Å². The second-order valence-corrected chi connectivity index (χ2v) is 8.44. The van der Waals surface area contributed by atoms with Gasteiger partial charge in [-0.2, -0.15) is 0 Å². The van der Waals surface area contributed by atoms with Crippen molar-refractivity contribution in [3.63, 3.8) is 0 Å². The number of aromatic nitrogens is 1. The minimum atomic E-state index is -0.402. The minimum Gasteiger partial charge on any atom is -0.395 e. The van der Waals surface area contributed by atoms with E-state index in [-0.39, 0.29) is 30.0 Å². The lowest BCUT2D eigenvalue weighted by molar-refractivity contribution is 0.0768. The summed E-state index contributed by atoms with van der Waals surface area (Å²) >= 11 is 5.79. The van der Waals surface area contributed by atoms with Gasteiger partial charge in [-0.25, -0.2) is 4.39 Å². The maximum absolute atomic E-state index is 13.8. The molecule has 2 heterocycles. The van der Waals surface area contributed by atoms with Crippen LogP contribution in [0.3, 0.4) is 0 Å². The Morgan fingerprint density at radius 3 is 2.87 bits per heavy atom. The zero-order valence-corrected chi connectivity index (χ0v) is 18.1. The molecule has 1 unspecified atom stereocenters. The number of hydrogen-bond donors (Lipinski definition) is 1. The minimum absolute atomic E-state index is 0.0824. The SMILES string of the molecule is CN(CCO)C(=O)c1cc(C2CCN(Cc3ccc(Cl)c(F)c3)C2)nc2ccccc12. The largest absolute Gasteiger partial charge is 0.395 e. The predicted molar refractivity (Wildman–Crippen MR) is 120 cm³/mol. The van der Waals surface area contributed by atoms with Gasteiger partial charge in [0.2, 0.25) is 0 Å². The zero-order chi connectivity index (χ0) is 22.0. The average molecular weight is 442 g/mol. The van der Waals surface area contributed by atoms with Gasteiger partial charge in [0.15, 0.2) is 0 Å². The number of hydrogen-bond acceptors (Lipinski definition) is 4. The van der Waals surface area contributed by atoms with Crippen molar-refractivity contribution in [2.45, 2.75) is 18.9 Å². The van der Waals surface area contributed by atoms with E-state index in [1.54, 1.807) is 13.1 Å². The molecule has 3 aromatic rings. The number of nitrogens with zero attached hydrogens (tertiary/aromatic N) is 3. The molecule has 5 nitrogen and oxygen atoms in total. The van der Waals surface area contributed by atoms with Crippen LogP contribution in [0.5, 0.6) is 0 Å². The van der Waals surface area contributed by atoms with E-state index in [1.807, 2.05) is 36.4 Å². The van der Waals surface area contributed by atoms with Crippen LogP contribution in [0.2, 0.25) is 5.02 Å². The monoisotopic (exact) mass is 441 g/mol. The summed E-state index contributed by atoms with van der Waals surface area (Å²) < 4.78 is 13.8. The molecule has 31 heavy (non-hydrogen) atoms. The Balaban J connectivity index is 1.58. The second kappa shape index (κ2) is 9.30. The Morgan fingerprint density at radius 1 is 1.29 bits per heavy atom. The molecule has 1 N–H and O–H groups in total. The summed E-state index contributed by atoms with van der Waals surface area (Å²) in [6.45, 7) is 2.50. The van der Waals surface area contributed by atoms with Gasteiger partial charge in [0.05, 0.1) is 22.7 Å². The van der Waals surface area contributed by atoms with Crippen molar-refractivity contribution in [2.24, 2.45) is 0 Å². The van der Waals surface area contributed by atoms with Crippen molar-refractivity contribution in [2.75, 3.05) is 33.3 Å². The van der Waals surface area contributed by atoms with Crippen molar-refractivity contribution in [1.82, 2.24) is 14.8 Å². The summed E-state index contributed by atoms with van der Waals surface area (Å²) in [5.41, 5.74) is 3.17. The number of benzene rings is 2. The third-order valence-corrected chi connectivity index (χ3v) is 6.14. The Hall–Kier alpha value is -2.54. The Labute approximate surface area is 186 Å². The number of fused-ring (bicyclic) bond motifs is 1. The number of aliphatic hydroxyl groups excluding tert-OH is 1. The molecule has 0 bridgehead atoms. The highest BCUT2D eigenvalue weighted by atomic mass is 35.5. The Bertz CT molecular complexity index is 1110. The van der Waals surface area contributed by atoms with Crippen LogP contribution >= 0.6 is 11.6 Å². The molecule has 1 saturated heterocycles. The van der Waals surface area contributed by atoms with E-state index in [4.69, 9.17) is 16.6 Å². The van der Waals surface area contributed by atoms with E-state index < -0.39 is 5.82 Å². The maximum atomic E-state index is 13.8. The van der Waals surface area contributed by atoms with Gasteiger partial charge in [-0.1, -0.05) is 35.9 Å². The number of likely N-dealkylation sites (N-methyl/N-ethyl adjacent to an activating group) is 1. The first-order valence-corrected chi connectivity index (χ1v) is 10.8. The topological polar surface area (TPSA) is 56.7 Å². The van der Waals surface area contributed by atoms with Crippen molar-refractivity contribution in [3.05, 3.63) is 76.2 Å². The lowest BCUT2D eigenvalue weighted by atomic mass is 9.99. The van der Waals surface area contributed by atoms with Gasteiger partial charge in [-0.3, -0.25) is 14.7 Å². The molecule has 2 aromatic carbocycles. The molecule has 4 rings (SSSR count). The Kier molecular flexibility index (Phi) is 6.51. The third kappa shape index (κ3) is 4.71. The van der Waals surface area contributed by atoms with Crippen LogP contribution in [0.15, 0.2) is 48.5 Å². The van der Waals surface area contributed by atoms with Gasteiger partial charge in [0, 0.05) is 43.7 Å². The lowest BCUT2D eigenvalue weighted by Gasteiger charge is -2.19. The fraction of sp³-hybridized carbons (Fsp3) is 0.333. The van der Waals surface area contributed by atoms with Gasteiger partial charge < -0.3 is 10.0 Å². The third-order valence-electron chi connectivity index (χ3n) is 5.83. The summed E-state index contributed by atoms with van der Waals surface area (Å²) in [5, 5.41) is 10.2. The van der Waals surface area contributed by atoms with Crippen LogP contribution in [0.4, 0.5) is 4.39 Å². The number of pyridine rings is 1. The lowest BCUT2D eigenvalue weighted by Crippen LogP contribution is -2.30. The number of carbonyl (C=O) groups is 1. The fourth-order valence-corrected chi connectivity index (χ4v) is 4.27. The maximum Gasteiger partial charge on any atom is 0.254 e. The number of para-hydroxylation sites is 1. The summed E-state index contributed by atoms with van der Waals surface area (Å²) in [7, 11) is 1.69. The van der Waals surface area contributed by atoms with Crippen molar-refractivity contribution in [3.8, 4) is 0 Å². The molecule has 7 heteroatoms. The number of amides is 1. The molecule has 1 amide bonds. The van der Waals surface area contributed by atoms with E-state index in [0.717, 1.165) is 41.7 Å². The molecule has 0 saturated carbocycles. The first-order valence-electron chi connectivity index (χ1n) is 10.4. The molecule has 1 aromatic heterocycles. The number of aliphatic hydroxyl groups is 1. The molecule has 1 aliphatic heterocycles. The molecule has 1 aliphatic rings. The van der Waals surface area contributed by atoms with Gasteiger partial charge >= 0.3 is 0 Å². The normalized spacial score (nSPS) is 16.7. The van der Waals surface area contributed by atoms with Crippen LogP contribution < -0.4 is 0 Å². The summed E-state index contributed by atoms with van der Waals surface area (Å²) in [5.74, 6) is -0.335. The highest BCUT2D eigenvalue weighted by Crippen LogP contribution is 2.31. The molecule has 0 aliphatic carbocycles. The fourth-order valence-electron chi connectivity index (χ4n) is 4.15. The molecule has 0 spiro atoms. The van der Waals surface area contributed by atoms with E-state index in [2.05, 4.69) is 4.90 Å². The van der Waals surface area contributed by atoms with Gasteiger partial charge in [-0.05, 0) is 42.8 Å². The van der Waals surface area contributed by atoms with Crippen molar-refractivity contribution >= 4 is 28.4 Å². The van der Waals surface area contributed by atoms with Crippen LogP contribution in [0.25, 0.3) is 10.9 Å². The molecule has 1 fully saturated rings. The van der Waals surface area contributed by atoms with E-state index in [9.17, 15) is 14.3 Å². The van der Waals surface area contributed by atoms with Crippen molar-refractivity contribution < 1.29 is 14.3 Å².